The molecule has 3 aromatic heterocycles. The number of aromatic nitrogens is 3. The molecule has 2 atom stereocenters. The van der Waals surface area contributed by atoms with Crippen molar-refractivity contribution in [3.8, 4) is 11.6 Å². The number of carbonyl (C=O) groups excluding carboxylic acids is 1. The summed E-state index contributed by atoms with van der Waals surface area (Å²) in [4.78, 5) is 35.1. The number of aryl methyl sites for hydroxylation is 1. The van der Waals surface area contributed by atoms with Gasteiger partial charge in [-0.1, -0.05) is 18.2 Å². The van der Waals surface area contributed by atoms with Crippen molar-refractivity contribution in [1.29, 1.82) is 0 Å². The highest BCUT2D eigenvalue weighted by Crippen LogP contribution is 2.66. The highest BCUT2D eigenvalue weighted by molar-refractivity contribution is 6.11. The highest BCUT2D eigenvalue weighted by atomic mass is 16.3. The van der Waals surface area contributed by atoms with Gasteiger partial charge in [0.25, 0.3) is 5.56 Å². The number of H-pyrrole nitrogens is 1. The van der Waals surface area contributed by atoms with E-state index in [2.05, 4.69) is 9.97 Å². The van der Waals surface area contributed by atoms with E-state index in [-0.39, 0.29) is 17.4 Å². The van der Waals surface area contributed by atoms with E-state index in [1.165, 1.54) is 6.26 Å². The number of pyridine rings is 1. The van der Waals surface area contributed by atoms with Gasteiger partial charge in [0.2, 0.25) is 11.8 Å². The molecule has 1 aliphatic heterocycles. The van der Waals surface area contributed by atoms with Crippen LogP contribution in [0.5, 0.6) is 0 Å². The monoisotopic (exact) mass is 386 g/mol. The Morgan fingerprint density at radius 1 is 1.24 bits per heavy atom. The minimum absolute atomic E-state index is 0.0172. The minimum atomic E-state index is -0.546. The van der Waals surface area contributed by atoms with Gasteiger partial charge in [0.05, 0.1) is 11.6 Å². The summed E-state index contributed by atoms with van der Waals surface area (Å²) in [5.41, 5.74) is 3.53. The van der Waals surface area contributed by atoms with E-state index in [0.717, 1.165) is 28.6 Å². The SMILES string of the molecule is CN1C(=O)[C@@]2(C[C@H]2c2cn(C)c(=O)c3[nH]c(-c4ncco4)cc23)c2ccccc21. The molecule has 7 heteroatoms. The predicted molar refractivity (Wildman–Crippen MR) is 108 cm³/mol. The first kappa shape index (κ1) is 16.4. The number of hydrogen-bond acceptors (Lipinski definition) is 4. The fourth-order valence-electron chi connectivity index (χ4n) is 4.95. The number of likely N-dealkylation sites (N-methyl/N-ethyl adjacent to an activating group) is 1. The van der Waals surface area contributed by atoms with Gasteiger partial charge in [0, 0.05) is 37.3 Å². The minimum Gasteiger partial charge on any atom is -0.443 e. The quantitative estimate of drug-likeness (QED) is 0.574. The van der Waals surface area contributed by atoms with E-state index in [4.69, 9.17) is 4.42 Å². The van der Waals surface area contributed by atoms with Gasteiger partial charge in [-0.15, -0.1) is 0 Å². The molecule has 4 heterocycles. The van der Waals surface area contributed by atoms with Gasteiger partial charge in [-0.05, 0) is 29.7 Å². The molecule has 29 heavy (non-hydrogen) atoms. The maximum absolute atomic E-state index is 13.2. The van der Waals surface area contributed by atoms with E-state index in [1.807, 2.05) is 43.6 Å². The number of oxazole rings is 1. The molecule has 4 aromatic rings. The summed E-state index contributed by atoms with van der Waals surface area (Å²) in [6, 6.07) is 9.88. The number of amides is 1. The molecule has 7 nitrogen and oxygen atoms in total. The third-order valence-electron chi connectivity index (χ3n) is 6.43. The lowest BCUT2D eigenvalue weighted by Gasteiger charge is -2.12. The van der Waals surface area contributed by atoms with Crippen molar-refractivity contribution in [3.63, 3.8) is 0 Å². The summed E-state index contributed by atoms with van der Waals surface area (Å²) >= 11 is 0. The van der Waals surface area contributed by atoms with Crippen LogP contribution in [0, 0.1) is 0 Å². The standard InChI is InChI=1S/C22H18N4O3/c1-25-11-13(12-9-16(19-23-7-8-29-19)24-18(12)20(25)27)15-10-22(15)14-5-3-4-6-17(14)26(2)21(22)28/h3-9,11,15,24H,10H2,1-2H3/t15-,22-/m0/s1. The number of nitrogens with zero attached hydrogens (tertiary/aromatic N) is 3. The first-order valence-corrected chi connectivity index (χ1v) is 9.52. The predicted octanol–water partition coefficient (Wildman–Crippen LogP) is 2.92. The highest BCUT2D eigenvalue weighted by Gasteiger charge is 2.67. The Kier molecular flexibility index (Phi) is 2.96. The van der Waals surface area contributed by atoms with Crippen molar-refractivity contribution in [2.24, 2.45) is 7.05 Å². The van der Waals surface area contributed by atoms with Crippen molar-refractivity contribution >= 4 is 22.5 Å². The molecule has 6 rings (SSSR count). The third-order valence-corrected chi connectivity index (χ3v) is 6.43. The number of hydrogen-bond donors (Lipinski definition) is 1. The van der Waals surface area contributed by atoms with Gasteiger partial charge < -0.3 is 18.9 Å². The topological polar surface area (TPSA) is 84.1 Å². The summed E-state index contributed by atoms with van der Waals surface area (Å²) in [6.07, 6.45) is 5.67. The fraction of sp³-hybridized carbons (Fsp3) is 0.227. The smallest absolute Gasteiger partial charge is 0.274 e. The normalized spacial score (nSPS) is 22.6. The third kappa shape index (κ3) is 1.94. The molecule has 1 aromatic carbocycles. The van der Waals surface area contributed by atoms with Gasteiger partial charge in [0.15, 0.2) is 0 Å². The Balaban J connectivity index is 1.56. The summed E-state index contributed by atoms with van der Waals surface area (Å²) in [5.74, 6) is 0.569. The van der Waals surface area contributed by atoms with Gasteiger partial charge in [-0.2, -0.15) is 0 Å². The molecule has 0 radical (unpaired) electrons. The average molecular weight is 386 g/mol. The van der Waals surface area contributed by atoms with Crippen molar-refractivity contribution in [3.05, 3.63) is 70.5 Å². The summed E-state index contributed by atoms with van der Waals surface area (Å²) in [6.45, 7) is 0. The number of rotatable bonds is 2. The van der Waals surface area contributed by atoms with Crippen LogP contribution in [0.4, 0.5) is 5.69 Å². The number of anilines is 1. The zero-order chi connectivity index (χ0) is 19.9. The Morgan fingerprint density at radius 3 is 2.86 bits per heavy atom. The van der Waals surface area contributed by atoms with Crippen molar-refractivity contribution in [2.45, 2.75) is 17.8 Å². The molecule has 1 aliphatic carbocycles. The Morgan fingerprint density at radius 2 is 2.07 bits per heavy atom. The number of aromatic amines is 1. The van der Waals surface area contributed by atoms with Gasteiger partial charge >= 0.3 is 0 Å². The van der Waals surface area contributed by atoms with Crippen molar-refractivity contribution in [2.75, 3.05) is 11.9 Å². The number of nitrogens with one attached hydrogen (secondary N) is 1. The maximum Gasteiger partial charge on any atom is 0.274 e. The van der Waals surface area contributed by atoms with Crippen molar-refractivity contribution in [1.82, 2.24) is 14.5 Å². The van der Waals surface area contributed by atoms with Crippen LogP contribution < -0.4 is 10.5 Å². The van der Waals surface area contributed by atoms with E-state index in [0.29, 0.717) is 17.1 Å². The molecule has 1 fully saturated rings. The number of benzene rings is 1. The Labute approximate surface area is 165 Å². The molecule has 0 saturated heterocycles. The summed E-state index contributed by atoms with van der Waals surface area (Å²) < 4.78 is 6.97. The Bertz CT molecular complexity index is 1360. The van der Waals surface area contributed by atoms with E-state index in [9.17, 15) is 9.59 Å². The van der Waals surface area contributed by atoms with Crippen LogP contribution in [-0.2, 0) is 17.3 Å². The lowest BCUT2D eigenvalue weighted by atomic mass is 9.91. The summed E-state index contributed by atoms with van der Waals surface area (Å²) in [7, 11) is 3.57. The zero-order valence-corrected chi connectivity index (χ0v) is 16.0. The van der Waals surface area contributed by atoms with Crippen molar-refractivity contribution < 1.29 is 9.21 Å². The molecule has 1 spiro atoms. The van der Waals surface area contributed by atoms with Crippen LogP contribution in [0.3, 0.4) is 0 Å². The van der Waals surface area contributed by atoms with E-state index in [1.54, 1.807) is 22.7 Å². The molecule has 1 N–H and O–H groups in total. The molecular weight excluding hydrogens is 368 g/mol. The molecule has 1 amide bonds. The number of fused-ring (bicyclic) bond motifs is 3. The van der Waals surface area contributed by atoms with E-state index < -0.39 is 5.41 Å². The molecule has 0 bridgehead atoms. The van der Waals surface area contributed by atoms with Crippen LogP contribution in [0.2, 0.25) is 0 Å². The second-order valence-corrected chi connectivity index (χ2v) is 7.92. The van der Waals surface area contributed by atoms with Gasteiger partial charge in [-0.3, -0.25) is 9.59 Å². The fourth-order valence-corrected chi connectivity index (χ4v) is 4.95. The van der Waals surface area contributed by atoms with Crippen LogP contribution >= 0.6 is 0 Å². The van der Waals surface area contributed by atoms with Crippen LogP contribution in [0.25, 0.3) is 22.5 Å². The zero-order valence-electron chi connectivity index (χ0n) is 16.0. The van der Waals surface area contributed by atoms with Gasteiger partial charge in [-0.25, -0.2) is 4.98 Å². The van der Waals surface area contributed by atoms with Gasteiger partial charge in [0.1, 0.15) is 17.5 Å². The lowest BCUT2D eigenvalue weighted by Crippen LogP contribution is -2.29. The number of carbonyl (C=O) groups is 1. The molecule has 0 unspecified atom stereocenters. The molecule has 1 saturated carbocycles. The molecular formula is C22H18N4O3. The van der Waals surface area contributed by atoms with E-state index >= 15 is 0 Å². The second kappa shape index (κ2) is 5.26. The summed E-state index contributed by atoms with van der Waals surface area (Å²) in [5, 5.41) is 0.822. The van der Waals surface area contributed by atoms with Crippen LogP contribution in [0.1, 0.15) is 23.5 Å². The largest absolute Gasteiger partial charge is 0.443 e. The number of para-hydroxylation sites is 1. The first-order valence-electron chi connectivity index (χ1n) is 9.52. The maximum atomic E-state index is 13.2. The average Bonchev–Trinajstić information content (AvgIpc) is 3.05. The van der Waals surface area contributed by atoms with Crippen LogP contribution in [0.15, 0.2) is 58.2 Å². The molecule has 2 aliphatic rings. The van der Waals surface area contributed by atoms with Crippen LogP contribution in [-0.4, -0.2) is 27.5 Å². The molecule has 144 valence electrons. The first-order chi connectivity index (χ1) is 14.0. The lowest BCUT2D eigenvalue weighted by molar-refractivity contribution is -0.120. The second-order valence-electron chi connectivity index (χ2n) is 7.92. The Hall–Kier alpha value is -3.61.